The topological polar surface area (TPSA) is 49.4 Å². The SMILES string of the molecule is Cc1ccccc1CSCC(=O)N(Cc1ccc(F)cc1)C(C)C(=O)NC(C)(C)C. The lowest BCUT2D eigenvalue weighted by atomic mass is 10.1. The number of amides is 2. The third-order valence-electron chi connectivity index (χ3n) is 4.68. The van der Waals surface area contributed by atoms with Gasteiger partial charge < -0.3 is 10.2 Å². The van der Waals surface area contributed by atoms with E-state index >= 15 is 0 Å². The van der Waals surface area contributed by atoms with Gasteiger partial charge >= 0.3 is 0 Å². The van der Waals surface area contributed by atoms with Crippen LogP contribution in [0, 0.1) is 12.7 Å². The summed E-state index contributed by atoms with van der Waals surface area (Å²) in [7, 11) is 0. The second-order valence-corrected chi connectivity index (χ2v) is 9.47. The number of nitrogens with one attached hydrogen (secondary N) is 1. The van der Waals surface area contributed by atoms with E-state index in [0.29, 0.717) is 0 Å². The molecule has 4 nitrogen and oxygen atoms in total. The molecule has 2 amide bonds. The first-order valence-electron chi connectivity index (χ1n) is 10.0. The second-order valence-electron chi connectivity index (χ2n) is 8.48. The molecule has 1 N–H and O–H groups in total. The van der Waals surface area contributed by atoms with Crippen molar-refractivity contribution in [3.8, 4) is 0 Å². The number of rotatable bonds is 8. The maximum Gasteiger partial charge on any atom is 0.242 e. The fraction of sp³-hybridized carbons (Fsp3) is 0.417. The standard InChI is InChI=1S/C24H31FN2O2S/c1-17-8-6-7-9-20(17)15-30-16-22(28)27(14-19-10-12-21(25)13-11-19)18(2)23(29)26-24(3,4)5/h6-13,18H,14-16H2,1-5H3,(H,26,29). The first-order chi connectivity index (χ1) is 14.1. The van der Waals surface area contributed by atoms with Gasteiger partial charge in [0.1, 0.15) is 11.9 Å². The molecule has 162 valence electrons. The Labute approximate surface area is 183 Å². The molecule has 2 aromatic carbocycles. The summed E-state index contributed by atoms with van der Waals surface area (Å²) >= 11 is 1.53. The van der Waals surface area contributed by atoms with Crippen molar-refractivity contribution in [2.75, 3.05) is 5.75 Å². The van der Waals surface area contributed by atoms with Gasteiger partial charge in [-0.15, -0.1) is 11.8 Å². The predicted octanol–water partition coefficient (Wildman–Crippen LogP) is 4.70. The molecule has 6 heteroatoms. The molecule has 0 aromatic heterocycles. The van der Waals surface area contributed by atoms with Gasteiger partial charge in [-0.25, -0.2) is 4.39 Å². The first kappa shape index (κ1) is 23.9. The van der Waals surface area contributed by atoms with Crippen LogP contribution in [0.3, 0.4) is 0 Å². The predicted molar refractivity (Wildman–Crippen MR) is 122 cm³/mol. The molecule has 0 heterocycles. The average Bonchev–Trinajstić information content (AvgIpc) is 2.67. The Balaban J connectivity index is 2.10. The lowest BCUT2D eigenvalue weighted by molar-refractivity contribution is -0.139. The van der Waals surface area contributed by atoms with Crippen LogP contribution < -0.4 is 5.32 Å². The molecule has 0 fully saturated rings. The van der Waals surface area contributed by atoms with Gasteiger partial charge in [0.15, 0.2) is 0 Å². The number of hydrogen-bond donors (Lipinski definition) is 1. The highest BCUT2D eigenvalue weighted by Crippen LogP contribution is 2.18. The number of hydrogen-bond acceptors (Lipinski definition) is 3. The van der Waals surface area contributed by atoms with E-state index in [-0.39, 0.29) is 29.9 Å². The van der Waals surface area contributed by atoms with Crippen LogP contribution in [0.2, 0.25) is 0 Å². The van der Waals surface area contributed by atoms with Gasteiger partial charge in [-0.05, 0) is 63.4 Å². The largest absolute Gasteiger partial charge is 0.350 e. The molecule has 0 aliphatic heterocycles. The summed E-state index contributed by atoms with van der Waals surface area (Å²) in [6.07, 6.45) is 0. The van der Waals surface area contributed by atoms with E-state index in [1.807, 2.05) is 32.9 Å². The summed E-state index contributed by atoms with van der Waals surface area (Å²) in [6.45, 7) is 9.75. The molecule has 2 rings (SSSR count). The lowest BCUT2D eigenvalue weighted by Gasteiger charge is -2.31. The van der Waals surface area contributed by atoms with Crippen molar-refractivity contribution in [2.24, 2.45) is 0 Å². The number of carbonyl (C=O) groups excluding carboxylic acids is 2. The Morgan fingerprint density at radius 3 is 2.33 bits per heavy atom. The van der Waals surface area contributed by atoms with Gasteiger partial charge in [0, 0.05) is 17.8 Å². The fourth-order valence-electron chi connectivity index (χ4n) is 2.95. The summed E-state index contributed by atoms with van der Waals surface area (Å²) in [5, 5.41) is 2.94. The minimum absolute atomic E-state index is 0.116. The summed E-state index contributed by atoms with van der Waals surface area (Å²) in [5.41, 5.74) is 2.77. The Bertz CT molecular complexity index is 862. The van der Waals surface area contributed by atoms with Crippen LogP contribution in [0.25, 0.3) is 0 Å². The minimum Gasteiger partial charge on any atom is -0.350 e. The zero-order chi connectivity index (χ0) is 22.3. The van der Waals surface area contributed by atoms with E-state index in [9.17, 15) is 14.0 Å². The molecule has 1 unspecified atom stereocenters. The molecule has 0 aliphatic carbocycles. The van der Waals surface area contributed by atoms with Crippen molar-refractivity contribution in [2.45, 2.75) is 58.5 Å². The van der Waals surface area contributed by atoms with E-state index in [0.717, 1.165) is 11.3 Å². The number of aryl methyl sites for hydroxylation is 1. The van der Waals surface area contributed by atoms with Crippen LogP contribution in [0.15, 0.2) is 48.5 Å². The zero-order valence-electron chi connectivity index (χ0n) is 18.4. The van der Waals surface area contributed by atoms with E-state index in [1.165, 1.54) is 35.0 Å². The summed E-state index contributed by atoms with van der Waals surface area (Å²) in [6, 6.07) is 13.5. The Morgan fingerprint density at radius 1 is 1.10 bits per heavy atom. The fourth-order valence-corrected chi connectivity index (χ4v) is 3.93. The number of benzene rings is 2. The number of carbonyl (C=O) groups is 2. The first-order valence-corrected chi connectivity index (χ1v) is 11.2. The second kappa shape index (κ2) is 10.6. The van der Waals surface area contributed by atoms with Crippen LogP contribution in [0.5, 0.6) is 0 Å². The van der Waals surface area contributed by atoms with Crippen LogP contribution >= 0.6 is 11.8 Å². The van der Waals surface area contributed by atoms with Gasteiger partial charge in [0.2, 0.25) is 11.8 Å². The van der Waals surface area contributed by atoms with Crippen LogP contribution in [0.1, 0.15) is 44.4 Å². The maximum absolute atomic E-state index is 13.3. The van der Waals surface area contributed by atoms with Crippen LogP contribution in [0.4, 0.5) is 4.39 Å². The van der Waals surface area contributed by atoms with E-state index in [4.69, 9.17) is 0 Å². The van der Waals surface area contributed by atoms with Crippen molar-refractivity contribution in [1.29, 1.82) is 0 Å². The molecule has 0 spiro atoms. The van der Waals surface area contributed by atoms with Crippen molar-refractivity contribution in [3.05, 3.63) is 71.0 Å². The maximum atomic E-state index is 13.3. The Kier molecular flexibility index (Phi) is 8.47. The van der Waals surface area contributed by atoms with E-state index in [1.54, 1.807) is 24.0 Å². The Morgan fingerprint density at radius 2 is 1.73 bits per heavy atom. The molecular formula is C24H31FN2O2S. The van der Waals surface area contributed by atoms with Crippen LogP contribution in [-0.4, -0.2) is 34.0 Å². The van der Waals surface area contributed by atoms with Crippen molar-refractivity contribution in [1.82, 2.24) is 10.2 Å². The molecule has 0 saturated heterocycles. The normalized spacial score (nSPS) is 12.3. The quantitative estimate of drug-likeness (QED) is 0.660. The summed E-state index contributed by atoms with van der Waals surface area (Å²) < 4.78 is 13.3. The molecule has 2 aromatic rings. The third-order valence-corrected chi connectivity index (χ3v) is 5.64. The number of thioether (sulfide) groups is 1. The van der Waals surface area contributed by atoms with Gasteiger partial charge in [-0.2, -0.15) is 0 Å². The highest BCUT2D eigenvalue weighted by Gasteiger charge is 2.28. The summed E-state index contributed by atoms with van der Waals surface area (Å²) in [5.74, 6) is 0.342. The van der Waals surface area contributed by atoms with Crippen molar-refractivity contribution >= 4 is 23.6 Å². The van der Waals surface area contributed by atoms with Gasteiger partial charge in [0.05, 0.1) is 5.75 Å². The minimum atomic E-state index is -0.638. The number of nitrogens with zero attached hydrogens (tertiary/aromatic N) is 1. The highest BCUT2D eigenvalue weighted by atomic mass is 32.2. The zero-order valence-corrected chi connectivity index (χ0v) is 19.2. The molecule has 30 heavy (non-hydrogen) atoms. The monoisotopic (exact) mass is 430 g/mol. The molecule has 0 radical (unpaired) electrons. The van der Waals surface area contributed by atoms with Crippen LogP contribution in [-0.2, 0) is 21.9 Å². The van der Waals surface area contributed by atoms with E-state index < -0.39 is 11.6 Å². The summed E-state index contributed by atoms with van der Waals surface area (Å²) in [4.78, 5) is 27.3. The molecular weight excluding hydrogens is 399 g/mol. The molecule has 1 atom stereocenters. The van der Waals surface area contributed by atoms with Gasteiger partial charge in [-0.1, -0.05) is 36.4 Å². The van der Waals surface area contributed by atoms with Gasteiger partial charge in [-0.3, -0.25) is 9.59 Å². The lowest BCUT2D eigenvalue weighted by Crippen LogP contribution is -2.52. The van der Waals surface area contributed by atoms with Crippen molar-refractivity contribution in [3.63, 3.8) is 0 Å². The van der Waals surface area contributed by atoms with Gasteiger partial charge in [0.25, 0.3) is 0 Å². The van der Waals surface area contributed by atoms with E-state index in [2.05, 4.69) is 24.4 Å². The Hall–Kier alpha value is -2.34. The molecule has 0 bridgehead atoms. The average molecular weight is 431 g/mol. The van der Waals surface area contributed by atoms with Crippen molar-refractivity contribution < 1.29 is 14.0 Å². The number of halogens is 1. The smallest absolute Gasteiger partial charge is 0.242 e. The molecule has 0 aliphatic rings. The molecule has 0 saturated carbocycles. The third kappa shape index (κ3) is 7.48. The highest BCUT2D eigenvalue weighted by molar-refractivity contribution is 7.99.